The molecule has 0 aromatic rings. The Balaban J connectivity index is 3.29. The van der Waals surface area contributed by atoms with Gasteiger partial charge in [0.25, 0.3) is 6.08 Å². The summed E-state index contributed by atoms with van der Waals surface area (Å²) in [6.45, 7) is 0. The molecule has 0 amide bonds. The van der Waals surface area contributed by atoms with Crippen molar-refractivity contribution >= 4 is 27.3 Å². The lowest BCUT2D eigenvalue weighted by atomic mass is 11.7. The molecule has 0 saturated carbocycles. The van der Waals surface area contributed by atoms with Crippen molar-refractivity contribution in [2.45, 2.75) is 0 Å². The van der Waals surface area contributed by atoms with E-state index >= 15 is 0 Å². The van der Waals surface area contributed by atoms with Gasteiger partial charge in [-0.05, 0) is 0 Å². The van der Waals surface area contributed by atoms with Crippen LogP contribution in [-0.4, -0.2) is 10.6 Å². The van der Waals surface area contributed by atoms with E-state index in [0.29, 0.717) is 0 Å². The van der Waals surface area contributed by atoms with Gasteiger partial charge >= 0.3 is 0 Å². The second kappa shape index (κ2) is 3.18. The Morgan fingerprint density at radius 3 is 2.50 bits per heavy atom. The maximum atomic E-state index is 9.49. The molecule has 0 rings (SSSR count). The van der Waals surface area contributed by atoms with Crippen molar-refractivity contribution in [3.8, 4) is 0 Å². The van der Waals surface area contributed by atoms with E-state index in [1.165, 1.54) is 0 Å². The summed E-state index contributed by atoms with van der Waals surface area (Å²) in [5.74, 6) is 0. The van der Waals surface area contributed by atoms with Crippen LogP contribution in [-0.2, 0) is 15.4 Å². The molecule has 0 radical (unpaired) electrons. The van der Waals surface area contributed by atoms with Gasteiger partial charge in [-0.15, -0.1) is 0 Å². The normalized spacial score (nSPS) is 12.3. The van der Waals surface area contributed by atoms with E-state index in [9.17, 15) is 4.55 Å². The van der Waals surface area contributed by atoms with Crippen molar-refractivity contribution < 1.29 is 9.35 Å². The molecule has 0 bridgehead atoms. The Morgan fingerprint density at radius 2 is 2.50 bits per heavy atom. The van der Waals surface area contributed by atoms with Crippen molar-refractivity contribution in [3.63, 3.8) is 0 Å². The molecule has 0 spiro atoms. The molecule has 0 aliphatic rings. The van der Waals surface area contributed by atoms with Crippen molar-refractivity contribution in [2.24, 2.45) is 4.40 Å². The fourth-order valence-corrected chi connectivity index (χ4v) is 0.172. The monoisotopic (exact) mass is 125 g/mol. The van der Waals surface area contributed by atoms with E-state index in [4.69, 9.17) is 4.79 Å². The fourth-order valence-electron chi connectivity index (χ4n) is 0.0293. The number of halogens is 1. The molecular weight excluding hydrogens is 126 g/mol. The highest BCUT2D eigenvalue weighted by atomic mass is 35.7. The average Bonchev–Trinajstić information content (AvgIpc) is 1.35. The summed E-state index contributed by atoms with van der Waals surface area (Å²) in [6.07, 6.45) is 1.01. The van der Waals surface area contributed by atoms with E-state index in [2.05, 4.69) is 15.1 Å². The highest BCUT2D eigenvalue weighted by molar-refractivity contribution is 8.12. The van der Waals surface area contributed by atoms with Gasteiger partial charge in [-0.2, -0.15) is 0 Å². The van der Waals surface area contributed by atoms with Gasteiger partial charge in [0.2, 0.25) is 21.3 Å². The second-order valence-corrected chi connectivity index (χ2v) is 1.78. The number of nitrogens with zero attached hydrogens (tertiary/aromatic N) is 1. The lowest BCUT2D eigenvalue weighted by Crippen LogP contribution is -1.76. The SMILES string of the molecule is O=C=N[S+]([O-])Cl. The smallest absolute Gasteiger partial charge is 0.290 e. The van der Waals surface area contributed by atoms with Gasteiger partial charge in [0, 0.05) is 4.40 Å². The summed E-state index contributed by atoms with van der Waals surface area (Å²) in [4.78, 5) is 9.05. The van der Waals surface area contributed by atoms with Crippen LogP contribution in [0, 0.1) is 0 Å². The molecule has 34 valence electrons. The van der Waals surface area contributed by atoms with E-state index in [0.717, 1.165) is 6.08 Å². The maximum absolute atomic E-state index is 9.49. The van der Waals surface area contributed by atoms with Crippen molar-refractivity contribution in [1.29, 1.82) is 0 Å². The molecule has 1 atom stereocenters. The summed E-state index contributed by atoms with van der Waals surface area (Å²) < 4.78 is 12.0. The Bertz CT molecular complexity index is 77.6. The predicted molar refractivity (Wildman–Crippen MR) is 22.1 cm³/mol. The van der Waals surface area contributed by atoms with Crippen molar-refractivity contribution in [2.75, 3.05) is 0 Å². The van der Waals surface area contributed by atoms with Crippen LogP contribution in [0.4, 0.5) is 0 Å². The molecule has 3 nitrogen and oxygen atoms in total. The highest BCUT2D eigenvalue weighted by Gasteiger charge is 1.90. The van der Waals surface area contributed by atoms with Crippen LogP contribution in [0.5, 0.6) is 0 Å². The second-order valence-electron chi connectivity index (χ2n) is 0.389. The topological polar surface area (TPSA) is 52.5 Å². The Morgan fingerprint density at radius 1 is 2.00 bits per heavy atom. The molecule has 0 aliphatic carbocycles. The average molecular weight is 126 g/mol. The zero-order valence-corrected chi connectivity index (χ0v) is 4.12. The van der Waals surface area contributed by atoms with Crippen LogP contribution in [0.3, 0.4) is 0 Å². The van der Waals surface area contributed by atoms with Gasteiger partial charge in [-0.1, -0.05) is 0 Å². The third-order valence-electron chi connectivity index (χ3n) is 0.109. The van der Waals surface area contributed by atoms with E-state index in [1.54, 1.807) is 0 Å². The summed E-state index contributed by atoms with van der Waals surface area (Å²) in [7, 11) is 2.73. The van der Waals surface area contributed by atoms with Gasteiger partial charge < -0.3 is 4.55 Å². The van der Waals surface area contributed by atoms with E-state index in [-0.39, 0.29) is 0 Å². The van der Waals surface area contributed by atoms with Gasteiger partial charge in [0.1, 0.15) is 0 Å². The molecule has 1 unspecified atom stereocenters. The lowest BCUT2D eigenvalue weighted by Gasteiger charge is -1.77. The standard InChI is InChI=1S/CClNO2S/c2-6(5)3-1-4. The summed E-state index contributed by atoms with van der Waals surface area (Å²) in [5, 5.41) is 0. The first kappa shape index (κ1) is 5.98. The first-order chi connectivity index (χ1) is 2.77. The Labute approximate surface area is 41.8 Å². The maximum Gasteiger partial charge on any atom is 0.290 e. The third kappa shape index (κ3) is 3.98. The van der Waals surface area contributed by atoms with Gasteiger partial charge in [0.05, 0.1) is 0 Å². The zero-order chi connectivity index (χ0) is 4.99. The third-order valence-corrected chi connectivity index (χ3v) is 0.534. The Kier molecular flexibility index (Phi) is 3.17. The molecule has 5 heteroatoms. The number of rotatable bonds is 1. The Hall–Kier alpha value is -0.0200. The minimum Gasteiger partial charge on any atom is -0.573 e. The van der Waals surface area contributed by atoms with Crippen LogP contribution < -0.4 is 0 Å². The van der Waals surface area contributed by atoms with Crippen LogP contribution in [0.25, 0.3) is 0 Å². The number of isocyanates is 1. The minimum atomic E-state index is -1.89. The summed E-state index contributed by atoms with van der Waals surface area (Å²) >= 11 is 0. The number of carbonyl (C=O) groups excluding carboxylic acids is 1. The molecule has 0 heterocycles. The first-order valence-corrected chi connectivity index (χ1v) is 2.86. The van der Waals surface area contributed by atoms with E-state index in [1.807, 2.05) is 0 Å². The number of hydrogen-bond donors (Lipinski definition) is 0. The van der Waals surface area contributed by atoms with Crippen LogP contribution >= 0.6 is 10.7 Å². The molecule has 0 aliphatic heterocycles. The molecule has 6 heavy (non-hydrogen) atoms. The van der Waals surface area contributed by atoms with Crippen LogP contribution in [0.15, 0.2) is 4.40 Å². The van der Waals surface area contributed by atoms with Gasteiger partial charge in [0.15, 0.2) is 0 Å². The lowest BCUT2D eigenvalue weighted by molar-refractivity contribution is 0.564. The molecule has 0 fully saturated rings. The largest absolute Gasteiger partial charge is 0.573 e. The fraction of sp³-hybridized carbons (Fsp3) is 0. The van der Waals surface area contributed by atoms with Gasteiger partial charge in [-0.3, -0.25) is 0 Å². The first-order valence-electron chi connectivity index (χ1n) is 0.931. The van der Waals surface area contributed by atoms with Crippen molar-refractivity contribution in [3.05, 3.63) is 0 Å². The van der Waals surface area contributed by atoms with E-state index < -0.39 is 10.6 Å². The molecule has 0 saturated heterocycles. The highest BCUT2D eigenvalue weighted by Crippen LogP contribution is 1.93. The molecule has 0 aromatic carbocycles. The minimum absolute atomic E-state index is 1.01. The molecule has 0 N–H and O–H groups in total. The van der Waals surface area contributed by atoms with Gasteiger partial charge in [-0.25, -0.2) is 4.79 Å². The van der Waals surface area contributed by atoms with Crippen LogP contribution in [0.1, 0.15) is 0 Å². The number of hydrogen-bond acceptors (Lipinski definition) is 3. The summed E-state index contributed by atoms with van der Waals surface area (Å²) in [6, 6.07) is 0. The zero-order valence-electron chi connectivity index (χ0n) is 2.55. The van der Waals surface area contributed by atoms with Crippen LogP contribution in [0.2, 0.25) is 0 Å². The molecule has 0 aromatic heterocycles. The predicted octanol–water partition coefficient (Wildman–Crippen LogP) is 0.140. The summed E-state index contributed by atoms with van der Waals surface area (Å²) in [5.41, 5.74) is 0. The van der Waals surface area contributed by atoms with Crippen molar-refractivity contribution in [1.82, 2.24) is 0 Å². The quantitative estimate of drug-likeness (QED) is 0.284. The molecular formula is CClNO2S.